The molecule has 4 heterocycles. The molecule has 2 aromatic carbocycles. The number of ether oxygens (including phenoxy) is 1. The van der Waals surface area contributed by atoms with E-state index < -0.39 is 29.5 Å². The summed E-state index contributed by atoms with van der Waals surface area (Å²) in [7, 11) is 0. The molecule has 1 amide bonds. The molecule has 0 saturated carbocycles. The number of nitrogens with zero attached hydrogens (tertiary/aromatic N) is 1. The molecule has 3 aliphatic rings. The van der Waals surface area contributed by atoms with Crippen molar-refractivity contribution in [3.05, 3.63) is 76.3 Å². The van der Waals surface area contributed by atoms with Gasteiger partial charge >= 0.3 is 5.97 Å². The molecule has 1 spiro atoms. The Hall–Kier alpha value is -3.88. The Morgan fingerprint density at radius 1 is 1.20 bits per heavy atom. The molecule has 9 heteroatoms. The quantitative estimate of drug-likeness (QED) is 0.511. The average molecular weight is 477 g/mol. The van der Waals surface area contributed by atoms with Gasteiger partial charge in [-0.15, -0.1) is 0 Å². The Balaban J connectivity index is 1.72. The number of aromatic nitrogens is 1. The standard InChI is InChI=1S/C26H24FN3O5/c1-11(2)19-23-30-20(24(32)33)21(35-23)26-15-10-14(27)5-6-17(15)28-25(26)34-18-7-4-13(9-16(18)26)8-12(3)22(31)29-19/h4-7,9-12,19,25,28H,8H2,1-3H3,(H,29,31)(H,32,33)/t12?,19-,25+,26-/m0/s1. The molecule has 1 unspecified atom stereocenters. The van der Waals surface area contributed by atoms with Gasteiger partial charge in [0.15, 0.2) is 17.7 Å². The van der Waals surface area contributed by atoms with Gasteiger partial charge in [0.1, 0.15) is 23.0 Å². The lowest BCUT2D eigenvalue weighted by molar-refractivity contribution is -0.125. The van der Waals surface area contributed by atoms with Crippen LogP contribution in [0.3, 0.4) is 0 Å². The first-order chi connectivity index (χ1) is 16.7. The highest BCUT2D eigenvalue weighted by atomic mass is 19.1. The highest BCUT2D eigenvalue weighted by Gasteiger charge is 2.61. The number of hydrogen-bond acceptors (Lipinski definition) is 6. The first kappa shape index (κ1) is 21.6. The molecule has 0 radical (unpaired) electrons. The number of benzene rings is 2. The summed E-state index contributed by atoms with van der Waals surface area (Å²) < 4.78 is 27.2. The molecule has 3 aromatic rings. The fourth-order valence-corrected chi connectivity index (χ4v) is 5.51. The van der Waals surface area contributed by atoms with E-state index in [1.165, 1.54) is 12.1 Å². The summed E-state index contributed by atoms with van der Waals surface area (Å²) in [6.07, 6.45) is -0.303. The van der Waals surface area contributed by atoms with E-state index in [-0.39, 0.29) is 35.1 Å². The number of carboxylic acid groups (broad SMARTS) is 1. The second kappa shape index (κ2) is 7.31. The summed E-state index contributed by atoms with van der Waals surface area (Å²) in [4.78, 5) is 29.9. The predicted molar refractivity (Wildman–Crippen MR) is 123 cm³/mol. The predicted octanol–water partition coefficient (Wildman–Crippen LogP) is 4.00. The number of fused-ring (bicyclic) bond motifs is 4. The van der Waals surface area contributed by atoms with Crippen LogP contribution in [0.1, 0.15) is 65.6 Å². The van der Waals surface area contributed by atoms with Crippen molar-refractivity contribution >= 4 is 17.6 Å². The second-order valence-corrected chi connectivity index (χ2v) is 9.84. The van der Waals surface area contributed by atoms with Gasteiger partial charge in [0.25, 0.3) is 0 Å². The van der Waals surface area contributed by atoms with Crippen LogP contribution in [-0.4, -0.2) is 28.2 Å². The maximum atomic E-state index is 14.6. The molecule has 180 valence electrons. The number of anilines is 1. The van der Waals surface area contributed by atoms with E-state index in [0.717, 1.165) is 5.56 Å². The van der Waals surface area contributed by atoms with Crippen LogP contribution in [0.15, 0.2) is 40.8 Å². The first-order valence-corrected chi connectivity index (χ1v) is 11.6. The molecule has 0 aliphatic carbocycles. The number of carbonyl (C=O) groups excluding carboxylic acids is 1. The Kier molecular flexibility index (Phi) is 4.52. The van der Waals surface area contributed by atoms with Gasteiger partial charge in [0.05, 0.1) is 0 Å². The maximum Gasteiger partial charge on any atom is 0.358 e. The Morgan fingerprint density at radius 2 is 2.00 bits per heavy atom. The minimum atomic E-state index is -1.28. The molecule has 0 fully saturated rings. The summed E-state index contributed by atoms with van der Waals surface area (Å²) in [5.41, 5.74) is 1.08. The molecule has 1 aromatic heterocycles. The van der Waals surface area contributed by atoms with Crippen molar-refractivity contribution in [3.63, 3.8) is 0 Å². The van der Waals surface area contributed by atoms with Gasteiger partial charge in [0.2, 0.25) is 11.8 Å². The highest BCUT2D eigenvalue weighted by Crippen LogP contribution is 2.58. The van der Waals surface area contributed by atoms with Gasteiger partial charge in [-0.3, -0.25) is 4.79 Å². The molecule has 6 rings (SSSR count). The van der Waals surface area contributed by atoms with Crippen molar-refractivity contribution in [2.45, 2.75) is 44.9 Å². The smallest absolute Gasteiger partial charge is 0.358 e. The van der Waals surface area contributed by atoms with Gasteiger partial charge in [-0.2, -0.15) is 0 Å². The normalized spacial score (nSPS) is 26.1. The fraction of sp³-hybridized carbons (Fsp3) is 0.346. The van der Waals surface area contributed by atoms with Crippen LogP contribution >= 0.6 is 0 Å². The maximum absolute atomic E-state index is 14.6. The van der Waals surface area contributed by atoms with Crippen molar-refractivity contribution < 1.29 is 28.2 Å². The van der Waals surface area contributed by atoms with Crippen LogP contribution in [0, 0.1) is 17.7 Å². The van der Waals surface area contributed by atoms with Crippen molar-refractivity contribution in [2.75, 3.05) is 5.32 Å². The number of carbonyl (C=O) groups is 2. The zero-order valence-electron chi connectivity index (χ0n) is 19.4. The number of hydrogen-bond donors (Lipinski definition) is 3. The Bertz CT molecular complexity index is 1400. The van der Waals surface area contributed by atoms with E-state index in [9.17, 15) is 19.1 Å². The number of amides is 1. The van der Waals surface area contributed by atoms with Crippen molar-refractivity contribution in [3.8, 4) is 5.75 Å². The lowest BCUT2D eigenvalue weighted by atomic mass is 9.72. The molecule has 3 aliphatic heterocycles. The van der Waals surface area contributed by atoms with Crippen molar-refractivity contribution in [2.24, 2.45) is 11.8 Å². The third-order valence-electron chi connectivity index (χ3n) is 7.22. The Labute approximate surface area is 200 Å². The second-order valence-electron chi connectivity index (χ2n) is 9.84. The van der Waals surface area contributed by atoms with Crippen LogP contribution in [0.2, 0.25) is 0 Å². The van der Waals surface area contributed by atoms with Crippen LogP contribution < -0.4 is 15.4 Å². The van der Waals surface area contributed by atoms with Gasteiger partial charge in [-0.1, -0.05) is 32.9 Å². The van der Waals surface area contributed by atoms with Crippen molar-refractivity contribution in [1.29, 1.82) is 0 Å². The summed E-state index contributed by atoms with van der Waals surface area (Å²) in [6.45, 7) is 5.63. The van der Waals surface area contributed by atoms with Gasteiger partial charge in [-0.25, -0.2) is 14.2 Å². The summed E-state index contributed by atoms with van der Waals surface area (Å²) >= 11 is 0. The topological polar surface area (TPSA) is 114 Å². The van der Waals surface area contributed by atoms with Crippen LogP contribution in [0.4, 0.5) is 10.1 Å². The third-order valence-corrected chi connectivity index (χ3v) is 7.22. The van der Waals surface area contributed by atoms with E-state index >= 15 is 0 Å². The number of halogens is 1. The van der Waals surface area contributed by atoms with E-state index in [0.29, 0.717) is 29.0 Å². The Morgan fingerprint density at radius 3 is 2.74 bits per heavy atom. The lowest BCUT2D eigenvalue weighted by Gasteiger charge is -2.28. The molecule has 4 atom stereocenters. The monoisotopic (exact) mass is 477 g/mol. The van der Waals surface area contributed by atoms with E-state index in [1.54, 1.807) is 12.1 Å². The largest absolute Gasteiger partial charge is 0.476 e. The minimum absolute atomic E-state index is 0.0475. The van der Waals surface area contributed by atoms with Crippen molar-refractivity contribution in [1.82, 2.24) is 10.3 Å². The van der Waals surface area contributed by atoms with Gasteiger partial charge in [-0.05, 0) is 42.2 Å². The zero-order valence-corrected chi connectivity index (χ0v) is 19.4. The fourth-order valence-electron chi connectivity index (χ4n) is 5.51. The van der Waals surface area contributed by atoms with E-state index in [2.05, 4.69) is 15.6 Å². The lowest BCUT2D eigenvalue weighted by Crippen LogP contribution is -2.40. The summed E-state index contributed by atoms with van der Waals surface area (Å²) in [5.74, 6) is -1.74. The van der Waals surface area contributed by atoms with E-state index in [1.807, 2.05) is 32.9 Å². The number of oxazole rings is 1. The molecule has 3 N–H and O–H groups in total. The van der Waals surface area contributed by atoms with Gasteiger partial charge < -0.3 is 24.9 Å². The molecular formula is C26H24FN3O5. The average Bonchev–Trinajstić information content (AvgIpc) is 3.45. The minimum Gasteiger partial charge on any atom is -0.476 e. The number of carboxylic acids is 1. The van der Waals surface area contributed by atoms with Crippen LogP contribution in [-0.2, 0) is 16.6 Å². The van der Waals surface area contributed by atoms with Crippen LogP contribution in [0.5, 0.6) is 5.75 Å². The molecule has 35 heavy (non-hydrogen) atoms. The molecular weight excluding hydrogens is 453 g/mol. The summed E-state index contributed by atoms with van der Waals surface area (Å²) in [5, 5.41) is 16.4. The number of aromatic carboxylic acids is 1. The number of nitrogens with one attached hydrogen (secondary N) is 2. The molecule has 0 saturated heterocycles. The summed E-state index contributed by atoms with van der Waals surface area (Å²) in [6, 6.07) is 9.28. The highest BCUT2D eigenvalue weighted by molar-refractivity contribution is 5.89. The molecule has 8 nitrogen and oxygen atoms in total. The number of rotatable bonds is 2. The van der Waals surface area contributed by atoms with E-state index in [4.69, 9.17) is 9.15 Å². The molecule has 4 bridgehead atoms. The third kappa shape index (κ3) is 2.93. The van der Waals surface area contributed by atoms with Crippen LogP contribution in [0.25, 0.3) is 0 Å². The first-order valence-electron chi connectivity index (χ1n) is 11.6. The zero-order chi connectivity index (χ0) is 24.6. The van der Waals surface area contributed by atoms with Gasteiger partial charge in [0, 0.05) is 22.7 Å². The SMILES string of the molecule is CC1Cc2ccc3c(c2)[C@@]2(c4cc(F)ccc4N[C@@H]2O3)c2oc(nc2C(=O)O)[C@H](C(C)C)NC1=O.